The molecule has 0 aliphatic rings. The standard InChI is InChI=1S/C51H90N2O5/c1-3-5-7-9-11-13-15-16-17-18-19-20-21-22-23-24-26-28-30-35-39-45-50(55)58-47(41-36-32-29-27-25-14-12-10-8-6-4-2)42-37-33-31-34-38-44-49(54)53-48(51(56)57)43-40-46-52/h12,14-16,18-19,21-22,27,29,47-48H,3-11,13,17,20,23-26,28,30-46,52H2,1-2H3,(H,53,54)(H,56,57)/b14-12-,16-15-,19-18-,22-21-,29-27-. The van der Waals surface area contributed by atoms with Gasteiger partial charge in [0.2, 0.25) is 5.91 Å². The summed E-state index contributed by atoms with van der Waals surface area (Å²) >= 11 is 0. The van der Waals surface area contributed by atoms with E-state index in [0.717, 1.165) is 96.3 Å². The van der Waals surface area contributed by atoms with Crippen LogP contribution in [-0.2, 0) is 19.1 Å². The first-order chi connectivity index (χ1) is 28.4. The van der Waals surface area contributed by atoms with Gasteiger partial charge in [-0.1, -0.05) is 158 Å². The molecule has 334 valence electrons. The number of ether oxygens (including phenoxy) is 1. The maximum absolute atomic E-state index is 12.8. The van der Waals surface area contributed by atoms with Crippen molar-refractivity contribution in [2.45, 2.75) is 238 Å². The van der Waals surface area contributed by atoms with Crippen molar-refractivity contribution in [3.05, 3.63) is 60.8 Å². The van der Waals surface area contributed by atoms with Crippen molar-refractivity contribution in [1.82, 2.24) is 5.32 Å². The number of nitrogens with two attached hydrogens (primary N) is 1. The third kappa shape index (κ3) is 41.2. The summed E-state index contributed by atoms with van der Waals surface area (Å²) < 4.78 is 6.03. The highest BCUT2D eigenvalue weighted by Gasteiger charge is 2.19. The number of carbonyl (C=O) groups is 3. The molecule has 0 spiro atoms. The fraction of sp³-hybridized carbons (Fsp3) is 0.745. The zero-order chi connectivity index (χ0) is 42.4. The summed E-state index contributed by atoms with van der Waals surface area (Å²) in [5.41, 5.74) is 5.49. The van der Waals surface area contributed by atoms with Crippen molar-refractivity contribution < 1.29 is 24.2 Å². The van der Waals surface area contributed by atoms with Crippen LogP contribution in [0.3, 0.4) is 0 Å². The Hall–Kier alpha value is -2.93. The molecule has 0 radical (unpaired) electrons. The molecule has 7 nitrogen and oxygen atoms in total. The van der Waals surface area contributed by atoms with Crippen molar-refractivity contribution in [1.29, 1.82) is 0 Å². The predicted molar refractivity (Wildman–Crippen MR) is 248 cm³/mol. The SMILES string of the molecule is CCCCC/C=C\C/C=C\CCCC(CCCCCCCC(=O)NC(CCCN)C(=O)O)OC(=O)CCCCCCCC/C=C\C/C=C\C/C=C\CCCCCCC. The average Bonchev–Trinajstić information content (AvgIpc) is 3.21. The molecule has 0 aliphatic heterocycles. The second-order valence-corrected chi connectivity index (χ2v) is 16.2. The first-order valence-electron chi connectivity index (χ1n) is 24.1. The van der Waals surface area contributed by atoms with E-state index < -0.39 is 12.0 Å². The molecule has 0 heterocycles. The molecule has 0 aliphatic carbocycles. The molecule has 0 saturated heterocycles. The first kappa shape index (κ1) is 55.1. The highest BCUT2D eigenvalue weighted by Crippen LogP contribution is 2.18. The van der Waals surface area contributed by atoms with E-state index in [9.17, 15) is 19.5 Å². The number of unbranched alkanes of at least 4 members (excludes halogenated alkanes) is 19. The number of rotatable bonds is 43. The van der Waals surface area contributed by atoms with E-state index in [1.807, 2.05) is 0 Å². The van der Waals surface area contributed by atoms with Gasteiger partial charge in [0.05, 0.1) is 0 Å². The molecule has 0 saturated carbocycles. The molecule has 0 aromatic carbocycles. The lowest BCUT2D eigenvalue weighted by Gasteiger charge is -2.18. The van der Waals surface area contributed by atoms with E-state index in [4.69, 9.17) is 10.5 Å². The Morgan fingerprint density at radius 3 is 1.45 bits per heavy atom. The van der Waals surface area contributed by atoms with Gasteiger partial charge in [0, 0.05) is 12.8 Å². The largest absolute Gasteiger partial charge is 0.480 e. The van der Waals surface area contributed by atoms with Crippen LogP contribution in [0, 0.1) is 0 Å². The van der Waals surface area contributed by atoms with Gasteiger partial charge in [-0.05, 0) is 122 Å². The fourth-order valence-electron chi connectivity index (χ4n) is 6.91. The maximum Gasteiger partial charge on any atom is 0.326 e. The number of nitrogens with one attached hydrogen (secondary N) is 1. The maximum atomic E-state index is 12.8. The van der Waals surface area contributed by atoms with E-state index in [-0.39, 0.29) is 18.0 Å². The Bertz CT molecular complexity index is 1090. The smallest absolute Gasteiger partial charge is 0.326 e. The summed E-state index contributed by atoms with van der Waals surface area (Å²) in [7, 11) is 0. The lowest BCUT2D eigenvalue weighted by molar-refractivity contribution is -0.150. The van der Waals surface area contributed by atoms with Crippen LogP contribution in [0.5, 0.6) is 0 Å². The number of aliphatic carboxylic acids is 1. The molecule has 0 aromatic heterocycles. The summed E-state index contributed by atoms with van der Waals surface area (Å²) in [5, 5.41) is 11.9. The highest BCUT2D eigenvalue weighted by molar-refractivity contribution is 5.83. The van der Waals surface area contributed by atoms with Crippen LogP contribution in [-0.4, -0.2) is 41.6 Å². The molecule has 2 unspecified atom stereocenters. The van der Waals surface area contributed by atoms with E-state index in [0.29, 0.717) is 32.2 Å². The van der Waals surface area contributed by atoms with E-state index in [2.05, 4.69) is 79.9 Å². The number of carboxylic acids is 1. The van der Waals surface area contributed by atoms with Gasteiger partial charge < -0.3 is 20.9 Å². The van der Waals surface area contributed by atoms with Crippen LogP contribution in [0.2, 0.25) is 0 Å². The van der Waals surface area contributed by atoms with Gasteiger partial charge in [0.1, 0.15) is 12.1 Å². The Labute approximate surface area is 357 Å². The molecule has 0 fully saturated rings. The molecular formula is C51H90N2O5. The first-order valence-corrected chi connectivity index (χ1v) is 24.1. The Kier molecular flexibility index (Phi) is 42.9. The van der Waals surface area contributed by atoms with Gasteiger partial charge in [-0.15, -0.1) is 0 Å². The molecule has 4 N–H and O–H groups in total. The van der Waals surface area contributed by atoms with Crippen molar-refractivity contribution in [3.8, 4) is 0 Å². The van der Waals surface area contributed by atoms with Crippen LogP contribution < -0.4 is 11.1 Å². The second-order valence-electron chi connectivity index (χ2n) is 16.2. The van der Waals surface area contributed by atoms with Crippen molar-refractivity contribution in [2.75, 3.05) is 6.54 Å². The number of hydrogen-bond donors (Lipinski definition) is 3. The Morgan fingerprint density at radius 1 is 0.500 bits per heavy atom. The molecule has 7 heteroatoms. The number of esters is 1. The number of amides is 1. The monoisotopic (exact) mass is 811 g/mol. The molecule has 1 amide bonds. The highest BCUT2D eigenvalue weighted by atomic mass is 16.5. The molecule has 2 atom stereocenters. The van der Waals surface area contributed by atoms with Crippen molar-refractivity contribution >= 4 is 17.8 Å². The van der Waals surface area contributed by atoms with Crippen molar-refractivity contribution in [3.63, 3.8) is 0 Å². The number of carbonyl (C=O) groups excluding carboxylic acids is 2. The molecule has 58 heavy (non-hydrogen) atoms. The zero-order valence-corrected chi connectivity index (χ0v) is 37.6. The van der Waals surface area contributed by atoms with Gasteiger partial charge in [-0.2, -0.15) is 0 Å². The Balaban J connectivity index is 4.31. The quantitative estimate of drug-likeness (QED) is 0.0321. The summed E-state index contributed by atoms with van der Waals surface area (Å²) in [4.78, 5) is 36.4. The summed E-state index contributed by atoms with van der Waals surface area (Å²) in [5.74, 6) is -1.28. The van der Waals surface area contributed by atoms with E-state index >= 15 is 0 Å². The summed E-state index contributed by atoms with van der Waals surface area (Å²) in [6, 6.07) is -0.864. The van der Waals surface area contributed by atoms with Gasteiger partial charge in [-0.25, -0.2) is 4.79 Å². The van der Waals surface area contributed by atoms with E-state index in [1.54, 1.807) is 0 Å². The normalized spacial score (nSPS) is 13.2. The summed E-state index contributed by atoms with van der Waals surface area (Å²) in [6.07, 6.45) is 57.0. The van der Waals surface area contributed by atoms with Gasteiger partial charge in [0.15, 0.2) is 0 Å². The molecule has 0 rings (SSSR count). The zero-order valence-electron chi connectivity index (χ0n) is 37.6. The third-order valence-corrected chi connectivity index (χ3v) is 10.6. The summed E-state index contributed by atoms with van der Waals surface area (Å²) in [6.45, 7) is 4.90. The molecular weight excluding hydrogens is 721 g/mol. The van der Waals surface area contributed by atoms with Crippen LogP contribution in [0.25, 0.3) is 0 Å². The third-order valence-electron chi connectivity index (χ3n) is 10.6. The Morgan fingerprint density at radius 2 is 0.914 bits per heavy atom. The second kappa shape index (κ2) is 45.2. The van der Waals surface area contributed by atoms with Crippen LogP contribution in [0.15, 0.2) is 60.8 Å². The lowest BCUT2D eigenvalue weighted by Crippen LogP contribution is -2.40. The van der Waals surface area contributed by atoms with Crippen LogP contribution in [0.4, 0.5) is 0 Å². The number of allylic oxidation sites excluding steroid dienone is 10. The molecule has 0 bridgehead atoms. The molecule has 0 aromatic rings. The number of hydrogen-bond acceptors (Lipinski definition) is 5. The van der Waals surface area contributed by atoms with E-state index in [1.165, 1.54) is 89.9 Å². The van der Waals surface area contributed by atoms with Gasteiger partial charge in [-0.3, -0.25) is 9.59 Å². The minimum atomic E-state index is -1.01. The fourth-order valence-corrected chi connectivity index (χ4v) is 6.91. The minimum Gasteiger partial charge on any atom is -0.480 e. The van der Waals surface area contributed by atoms with Crippen LogP contribution >= 0.6 is 0 Å². The predicted octanol–water partition coefficient (Wildman–Crippen LogP) is 14.1. The van der Waals surface area contributed by atoms with Crippen molar-refractivity contribution in [2.24, 2.45) is 5.73 Å². The minimum absolute atomic E-state index is 0.0399. The topological polar surface area (TPSA) is 119 Å². The number of carboxylic acid groups (broad SMARTS) is 1. The lowest BCUT2D eigenvalue weighted by atomic mass is 10.0. The van der Waals surface area contributed by atoms with Gasteiger partial charge in [0.25, 0.3) is 0 Å². The van der Waals surface area contributed by atoms with Gasteiger partial charge >= 0.3 is 11.9 Å². The average molecular weight is 811 g/mol. The van der Waals surface area contributed by atoms with Crippen LogP contribution in [0.1, 0.15) is 226 Å².